The molecule has 1 aromatic rings. The molecule has 1 rings (SSSR count). The Labute approximate surface area is 90.5 Å². The van der Waals surface area contributed by atoms with Crippen LogP contribution in [-0.4, -0.2) is 5.54 Å². The Morgan fingerprint density at radius 1 is 1.36 bits per heavy atom. The van der Waals surface area contributed by atoms with E-state index < -0.39 is 0 Å². The molecule has 14 heavy (non-hydrogen) atoms. The van der Waals surface area contributed by atoms with Gasteiger partial charge in [0, 0.05) is 11.6 Å². The van der Waals surface area contributed by atoms with Crippen LogP contribution in [0.1, 0.15) is 19.4 Å². The van der Waals surface area contributed by atoms with Gasteiger partial charge in [0.2, 0.25) is 0 Å². The van der Waals surface area contributed by atoms with Crippen LogP contribution in [0.3, 0.4) is 0 Å². The summed E-state index contributed by atoms with van der Waals surface area (Å²) >= 11 is 5.78. The van der Waals surface area contributed by atoms with Crippen molar-refractivity contribution in [1.29, 1.82) is 0 Å². The van der Waals surface area contributed by atoms with E-state index in [2.05, 4.69) is 11.2 Å². The molecule has 0 amide bonds. The van der Waals surface area contributed by atoms with Crippen molar-refractivity contribution in [3.8, 4) is 12.3 Å². The molecule has 0 spiro atoms. The monoisotopic (exact) mass is 207 g/mol. The van der Waals surface area contributed by atoms with Crippen molar-refractivity contribution in [2.24, 2.45) is 0 Å². The summed E-state index contributed by atoms with van der Waals surface area (Å²) in [5, 5.41) is 4.02. The second-order valence-electron chi connectivity index (χ2n) is 3.75. The predicted octanol–water partition coefficient (Wildman–Crippen LogP) is 2.84. The van der Waals surface area contributed by atoms with Gasteiger partial charge in [0.1, 0.15) is 0 Å². The number of benzene rings is 1. The number of terminal acetylenes is 1. The zero-order valence-electron chi connectivity index (χ0n) is 8.47. The summed E-state index contributed by atoms with van der Waals surface area (Å²) in [4.78, 5) is 0. The Hall–Kier alpha value is -0.970. The first-order chi connectivity index (χ1) is 6.53. The molecule has 0 saturated carbocycles. The van der Waals surface area contributed by atoms with E-state index in [-0.39, 0.29) is 5.54 Å². The summed E-state index contributed by atoms with van der Waals surface area (Å²) in [6.07, 6.45) is 5.36. The van der Waals surface area contributed by atoms with E-state index in [9.17, 15) is 0 Å². The standard InChI is InChI=1S/C12H14ClN/c1-4-12(2,3)14-9-10-5-7-11(13)8-6-10/h1,5-8,14H,9H2,2-3H3. The molecule has 0 aromatic heterocycles. The molecule has 2 heteroatoms. The van der Waals surface area contributed by atoms with Crippen LogP contribution in [0, 0.1) is 12.3 Å². The van der Waals surface area contributed by atoms with Crippen LogP contribution in [0.4, 0.5) is 0 Å². The van der Waals surface area contributed by atoms with Crippen LogP contribution in [-0.2, 0) is 6.54 Å². The quantitative estimate of drug-likeness (QED) is 0.752. The van der Waals surface area contributed by atoms with E-state index in [0.717, 1.165) is 11.6 Å². The van der Waals surface area contributed by atoms with Gasteiger partial charge < -0.3 is 0 Å². The lowest BCUT2D eigenvalue weighted by molar-refractivity contribution is 0.491. The van der Waals surface area contributed by atoms with E-state index in [4.69, 9.17) is 18.0 Å². The number of halogens is 1. The van der Waals surface area contributed by atoms with Gasteiger partial charge in [0.15, 0.2) is 0 Å². The molecule has 0 aliphatic heterocycles. The van der Waals surface area contributed by atoms with Crippen LogP contribution in [0.15, 0.2) is 24.3 Å². The van der Waals surface area contributed by atoms with Gasteiger partial charge in [-0.2, -0.15) is 0 Å². The van der Waals surface area contributed by atoms with Gasteiger partial charge in [-0.25, -0.2) is 0 Å². The Morgan fingerprint density at radius 3 is 2.43 bits per heavy atom. The summed E-state index contributed by atoms with van der Waals surface area (Å²) in [5.41, 5.74) is 0.914. The average Bonchev–Trinajstić information content (AvgIpc) is 2.17. The van der Waals surface area contributed by atoms with Crippen molar-refractivity contribution >= 4 is 11.6 Å². The number of nitrogens with one attached hydrogen (secondary N) is 1. The molecule has 0 fully saturated rings. The highest BCUT2D eigenvalue weighted by atomic mass is 35.5. The van der Waals surface area contributed by atoms with E-state index >= 15 is 0 Å². The Morgan fingerprint density at radius 2 is 1.93 bits per heavy atom. The van der Waals surface area contributed by atoms with Gasteiger partial charge >= 0.3 is 0 Å². The van der Waals surface area contributed by atoms with Crippen molar-refractivity contribution in [3.63, 3.8) is 0 Å². The number of rotatable bonds is 3. The maximum Gasteiger partial charge on any atom is 0.0743 e. The first-order valence-electron chi connectivity index (χ1n) is 4.51. The SMILES string of the molecule is C#CC(C)(C)NCc1ccc(Cl)cc1. The second kappa shape index (κ2) is 4.50. The highest BCUT2D eigenvalue weighted by Gasteiger charge is 2.11. The lowest BCUT2D eigenvalue weighted by Crippen LogP contribution is -2.36. The minimum Gasteiger partial charge on any atom is -0.298 e. The summed E-state index contributed by atoms with van der Waals surface area (Å²) < 4.78 is 0. The third-order valence-electron chi connectivity index (χ3n) is 2.01. The normalized spacial score (nSPS) is 11.0. The highest BCUT2D eigenvalue weighted by molar-refractivity contribution is 6.30. The predicted molar refractivity (Wildman–Crippen MR) is 61.2 cm³/mol. The summed E-state index contributed by atoms with van der Waals surface area (Å²) in [7, 11) is 0. The third-order valence-corrected chi connectivity index (χ3v) is 2.26. The fourth-order valence-corrected chi connectivity index (χ4v) is 1.10. The Bertz CT molecular complexity index is 332. The average molecular weight is 208 g/mol. The summed E-state index contributed by atoms with van der Waals surface area (Å²) in [5.74, 6) is 2.69. The summed E-state index contributed by atoms with van der Waals surface area (Å²) in [6, 6.07) is 7.73. The minimum absolute atomic E-state index is 0.264. The first-order valence-corrected chi connectivity index (χ1v) is 4.88. The fourth-order valence-electron chi connectivity index (χ4n) is 0.976. The topological polar surface area (TPSA) is 12.0 Å². The molecule has 0 atom stereocenters. The molecular weight excluding hydrogens is 194 g/mol. The Balaban J connectivity index is 2.55. The molecule has 1 nitrogen and oxygen atoms in total. The van der Waals surface area contributed by atoms with Crippen LogP contribution in [0.5, 0.6) is 0 Å². The van der Waals surface area contributed by atoms with Gasteiger partial charge in [0.05, 0.1) is 5.54 Å². The lowest BCUT2D eigenvalue weighted by Gasteiger charge is -2.19. The van der Waals surface area contributed by atoms with Crippen molar-refractivity contribution < 1.29 is 0 Å². The maximum atomic E-state index is 5.78. The van der Waals surface area contributed by atoms with Gasteiger partial charge in [-0.05, 0) is 31.5 Å². The molecule has 0 saturated heterocycles. The zero-order chi connectivity index (χ0) is 10.6. The molecule has 0 aliphatic carbocycles. The molecule has 0 bridgehead atoms. The van der Waals surface area contributed by atoms with Crippen molar-refractivity contribution in [2.75, 3.05) is 0 Å². The lowest BCUT2D eigenvalue weighted by atomic mass is 10.1. The molecule has 74 valence electrons. The Kier molecular flexibility index (Phi) is 3.57. The molecule has 0 unspecified atom stereocenters. The van der Waals surface area contributed by atoms with Gasteiger partial charge in [-0.15, -0.1) is 6.42 Å². The maximum absolute atomic E-state index is 5.78. The van der Waals surface area contributed by atoms with E-state index in [1.807, 2.05) is 38.1 Å². The van der Waals surface area contributed by atoms with Crippen LogP contribution in [0.2, 0.25) is 5.02 Å². The van der Waals surface area contributed by atoms with E-state index in [0.29, 0.717) is 0 Å². The molecule has 1 N–H and O–H groups in total. The van der Waals surface area contributed by atoms with Crippen LogP contribution >= 0.6 is 11.6 Å². The van der Waals surface area contributed by atoms with Crippen LogP contribution < -0.4 is 5.32 Å². The largest absolute Gasteiger partial charge is 0.298 e. The van der Waals surface area contributed by atoms with Crippen LogP contribution in [0.25, 0.3) is 0 Å². The highest BCUT2D eigenvalue weighted by Crippen LogP contribution is 2.10. The zero-order valence-corrected chi connectivity index (χ0v) is 9.23. The molecule has 0 heterocycles. The van der Waals surface area contributed by atoms with E-state index in [1.54, 1.807) is 0 Å². The minimum atomic E-state index is -0.264. The number of hydrogen-bond acceptors (Lipinski definition) is 1. The molecular formula is C12H14ClN. The fraction of sp³-hybridized carbons (Fsp3) is 0.333. The van der Waals surface area contributed by atoms with E-state index in [1.165, 1.54) is 5.56 Å². The molecule has 0 radical (unpaired) electrons. The first kappa shape index (κ1) is 11.1. The van der Waals surface area contributed by atoms with Gasteiger partial charge in [0.25, 0.3) is 0 Å². The van der Waals surface area contributed by atoms with Crippen molar-refractivity contribution in [2.45, 2.75) is 25.9 Å². The summed E-state index contributed by atoms with van der Waals surface area (Å²) in [6.45, 7) is 4.71. The third kappa shape index (κ3) is 3.41. The van der Waals surface area contributed by atoms with Gasteiger partial charge in [-0.1, -0.05) is 29.7 Å². The number of hydrogen-bond donors (Lipinski definition) is 1. The van der Waals surface area contributed by atoms with Crippen molar-refractivity contribution in [3.05, 3.63) is 34.9 Å². The van der Waals surface area contributed by atoms with Gasteiger partial charge in [-0.3, -0.25) is 5.32 Å². The second-order valence-corrected chi connectivity index (χ2v) is 4.19. The molecule has 1 aromatic carbocycles. The van der Waals surface area contributed by atoms with Crippen molar-refractivity contribution in [1.82, 2.24) is 5.32 Å². The smallest absolute Gasteiger partial charge is 0.0743 e. The molecule has 0 aliphatic rings.